The highest BCUT2D eigenvalue weighted by atomic mass is 16.6. The van der Waals surface area contributed by atoms with Crippen LogP contribution in [0.4, 0.5) is 0 Å². The highest BCUT2D eigenvalue weighted by molar-refractivity contribution is 5.14. The fourth-order valence-electron chi connectivity index (χ4n) is 2.12. The number of H-pyrrole nitrogens is 1. The second kappa shape index (κ2) is 5.25. The molecule has 0 aromatic carbocycles. The Balaban J connectivity index is 2.43. The van der Waals surface area contributed by atoms with Crippen LogP contribution in [0.3, 0.4) is 0 Å². The molecule has 0 spiro atoms. The fraction of sp³-hybridized carbons (Fsp3) is 0.636. The van der Waals surface area contributed by atoms with Gasteiger partial charge in [0.1, 0.15) is 24.4 Å². The van der Waals surface area contributed by atoms with E-state index in [2.05, 4.69) is 4.98 Å². The minimum absolute atomic E-state index is 0.0453. The van der Waals surface area contributed by atoms with Crippen molar-refractivity contribution < 1.29 is 20.1 Å². The van der Waals surface area contributed by atoms with Gasteiger partial charge < -0.3 is 24.6 Å². The largest absolute Gasteiger partial charge is 0.394 e. The Morgan fingerprint density at radius 1 is 1.37 bits per heavy atom. The fourth-order valence-corrected chi connectivity index (χ4v) is 2.12. The van der Waals surface area contributed by atoms with Crippen molar-refractivity contribution in [2.24, 2.45) is 0 Å². The van der Waals surface area contributed by atoms with E-state index in [1.165, 1.54) is 10.8 Å². The van der Waals surface area contributed by atoms with Gasteiger partial charge in [-0.15, -0.1) is 0 Å². The van der Waals surface area contributed by atoms with Crippen molar-refractivity contribution >= 4 is 0 Å². The van der Waals surface area contributed by atoms with E-state index in [-0.39, 0.29) is 5.56 Å². The molecule has 4 atom stereocenters. The molecule has 1 saturated heterocycles. The quantitative estimate of drug-likeness (QED) is 0.491. The van der Waals surface area contributed by atoms with E-state index >= 15 is 0 Å². The smallest absolute Gasteiger partial charge is 0.328 e. The van der Waals surface area contributed by atoms with Crippen LogP contribution >= 0.6 is 0 Å². The Hall–Kier alpha value is -1.48. The van der Waals surface area contributed by atoms with Gasteiger partial charge in [0.2, 0.25) is 0 Å². The number of hydrogen-bond acceptors (Lipinski definition) is 6. The lowest BCUT2D eigenvalue weighted by atomic mass is 10.0. The van der Waals surface area contributed by atoms with Gasteiger partial charge in [-0.05, 0) is 6.92 Å². The monoisotopic (exact) mass is 272 g/mol. The van der Waals surface area contributed by atoms with E-state index in [1.54, 1.807) is 6.92 Å². The highest BCUT2D eigenvalue weighted by Crippen LogP contribution is 2.31. The van der Waals surface area contributed by atoms with Gasteiger partial charge in [-0.2, -0.15) is 0 Å². The summed E-state index contributed by atoms with van der Waals surface area (Å²) in [5, 5.41) is 28.5. The number of aryl methyl sites for hydroxylation is 1. The van der Waals surface area contributed by atoms with Gasteiger partial charge in [0.25, 0.3) is 5.56 Å². The second-order valence-corrected chi connectivity index (χ2v) is 4.39. The van der Waals surface area contributed by atoms with Crippen LogP contribution in [0, 0.1) is 0 Å². The number of hydrogen-bond donors (Lipinski definition) is 4. The predicted octanol–water partition coefficient (Wildman–Crippen LogP) is -2.29. The average Bonchev–Trinajstić information content (AvgIpc) is 2.67. The summed E-state index contributed by atoms with van der Waals surface area (Å²) in [6.07, 6.45) is -3.35. The molecule has 0 aliphatic carbocycles. The van der Waals surface area contributed by atoms with Gasteiger partial charge >= 0.3 is 5.69 Å². The molecular weight excluding hydrogens is 256 g/mol. The Kier molecular flexibility index (Phi) is 3.85. The highest BCUT2D eigenvalue weighted by Gasteiger charge is 2.44. The van der Waals surface area contributed by atoms with Crippen molar-refractivity contribution in [3.63, 3.8) is 0 Å². The predicted molar refractivity (Wildman–Crippen MR) is 63.7 cm³/mol. The normalized spacial score (nSPS) is 30.7. The summed E-state index contributed by atoms with van der Waals surface area (Å²) in [4.78, 5) is 25.3. The number of nitrogens with zero attached hydrogens (tertiary/aromatic N) is 1. The van der Waals surface area contributed by atoms with Gasteiger partial charge in [-0.1, -0.05) is 0 Å². The maximum Gasteiger partial charge on any atom is 0.328 e. The Labute approximate surface area is 107 Å². The minimum Gasteiger partial charge on any atom is -0.394 e. The van der Waals surface area contributed by atoms with Crippen molar-refractivity contribution in [1.29, 1.82) is 0 Å². The first-order valence-corrected chi connectivity index (χ1v) is 5.95. The zero-order valence-corrected chi connectivity index (χ0v) is 10.3. The zero-order chi connectivity index (χ0) is 14.2. The summed E-state index contributed by atoms with van der Waals surface area (Å²) >= 11 is 0. The molecule has 106 valence electrons. The number of aromatic nitrogens is 2. The minimum atomic E-state index is -1.33. The van der Waals surface area contributed by atoms with Crippen LogP contribution in [0.2, 0.25) is 0 Å². The van der Waals surface area contributed by atoms with E-state index < -0.39 is 42.3 Å². The Morgan fingerprint density at radius 3 is 2.58 bits per heavy atom. The topological polar surface area (TPSA) is 125 Å². The molecule has 1 fully saturated rings. The number of nitrogens with one attached hydrogen (secondary N) is 1. The summed E-state index contributed by atoms with van der Waals surface area (Å²) < 4.78 is 6.51. The van der Waals surface area contributed by atoms with E-state index in [0.717, 1.165) is 0 Å². The maximum absolute atomic E-state index is 11.7. The molecule has 1 aromatic rings. The van der Waals surface area contributed by atoms with Crippen LogP contribution < -0.4 is 11.2 Å². The first kappa shape index (κ1) is 13.9. The molecule has 1 aliphatic heterocycles. The number of aliphatic hydroxyl groups is 3. The van der Waals surface area contributed by atoms with Crippen molar-refractivity contribution in [2.45, 2.75) is 37.9 Å². The van der Waals surface area contributed by atoms with Crippen LogP contribution in [-0.2, 0) is 11.3 Å². The third-order valence-corrected chi connectivity index (χ3v) is 3.23. The molecule has 1 aromatic heterocycles. The lowest BCUT2D eigenvalue weighted by Crippen LogP contribution is -2.35. The molecule has 2 rings (SSSR count). The summed E-state index contributed by atoms with van der Waals surface area (Å²) in [5.41, 5.74) is -1.18. The average molecular weight is 272 g/mol. The van der Waals surface area contributed by atoms with Gasteiger partial charge in [0, 0.05) is 12.7 Å². The lowest BCUT2D eigenvalue weighted by molar-refractivity contribution is -0.0233. The summed E-state index contributed by atoms with van der Waals surface area (Å²) in [6, 6.07) is 0. The first-order valence-electron chi connectivity index (χ1n) is 5.95. The molecule has 0 amide bonds. The molecule has 1 aliphatic rings. The number of rotatable bonds is 3. The molecule has 2 heterocycles. The lowest BCUT2D eigenvalue weighted by Gasteiger charge is -2.15. The second-order valence-electron chi connectivity index (χ2n) is 4.39. The van der Waals surface area contributed by atoms with Crippen LogP contribution in [-0.4, -0.2) is 49.8 Å². The summed E-state index contributed by atoms with van der Waals surface area (Å²) in [5.74, 6) is 0. The van der Waals surface area contributed by atoms with Crippen LogP contribution in [0.1, 0.15) is 18.6 Å². The standard InChI is InChI=1S/C11H16N2O6/c1-2-13-3-5(10(17)12-11(13)18)9-8(16)7(15)6(4-14)19-9/h3,6-9,14-16H,2,4H2,1H3,(H,12,17,18)/t6-,7?,8?,9+/m1/s1. The van der Waals surface area contributed by atoms with E-state index in [1.807, 2.05) is 0 Å². The van der Waals surface area contributed by atoms with Gasteiger partial charge in [0.05, 0.1) is 12.2 Å². The van der Waals surface area contributed by atoms with Crippen LogP contribution in [0.5, 0.6) is 0 Å². The Morgan fingerprint density at radius 2 is 2.05 bits per heavy atom. The van der Waals surface area contributed by atoms with Crippen LogP contribution in [0.25, 0.3) is 0 Å². The number of aromatic amines is 1. The summed E-state index contributed by atoms with van der Waals surface area (Å²) in [7, 11) is 0. The first-order chi connectivity index (χ1) is 8.99. The molecule has 4 N–H and O–H groups in total. The molecule has 0 radical (unpaired) electrons. The molecule has 8 nitrogen and oxygen atoms in total. The third kappa shape index (κ3) is 2.35. The number of aliphatic hydroxyl groups excluding tert-OH is 3. The van der Waals surface area contributed by atoms with E-state index in [0.29, 0.717) is 6.54 Å². The SMILES string of the molecule is CCn1cc([C@@H]2O[C@H](CO)C(O)C2O)c(=O)[nH]c1=O. The van der Waals surface area contributed by atoms with Crippen LogP contribution in [0.15, 0.2) is 15.8 Å². The maximum atomic E-state index is 11.7. The van der Waals surface area contributed by atoms with E-state index in [9.17, 15) is 19.8 Å². The van der Waals surface area contributed by atoms with Crippen molar-refractivity contribution in [1.82, 2.24) is 9.55 Å². The van der Waals surface area contributed by atoms with E-state index in [4.69, 9.17) is 9.84 Å². The molecule has 0 saturated carbocycles. The molecular formula is C11H16N2O6. The Bertz CT molecular complexity index is 565. The molecule has 0 bridgehead atoms. The van der Waals surface area contributed by atoms with Gasteiger partial charge in [-0.3, -0.25) is 9.78 Å². The molecule has 8 heteroatoms. The van der Waals surface area contributed by atoms with Crippen molar-refractivity contribution in [2.75, 3.05) is 6.61 Å². The molecule has 19 heavy (non-hydrogen) atoms. The van der Waals surface area contributed by atoms with Crippen molar-refractivity contribution in [3.05, 3.63) is 32.6 Å². The zero-order valence-electron chi connectivity index (χ0n) is 10.3. The van der Waals surface area contributed by atoms with Gasteiger partial charge in [0.15, 0.2) is 0 Å². The number of ether oxygens (including phenoxy) is 1. The van der Waals surface area contributed by atoms with Gasteiger partial charge in [-0.25, -0.2) is 4.79 Å². The van der Waals surface area contributed by atoms with Crippen molar-refractivity contribution in [3.8, 4) is 0 Å². The summed E-state index contributed by atoms with van der Waals surface area (Å²) in [6.45, 7) is 1.60. The third-order valence-electron chi connectivity index (χ3n) is 3.23. The molecule has 2 unspecified atom stereocenters.